The third-order valence-corrected chi connectivity index (χ3v) is 5.09. The summed E-state index contributed by atoms with van der Waals surface area (Å²) in [6.45, 7) is 5.17. The lowest BCUT2D eigenvalue weighted by Gasteiger charge is -2.39. The molecule has 1 amide bonds. The van der Waals surface area contributed by atoms with Gasteiger partial charge in [0.25, 0.3) is 5.91 Å². The Balaban J connectivity index is 1.78. The van der Waals surface area contributed by atoms with E-state index < -0.39 is 0 Å². The fourth-order valence-electron chi connectivity index (χ4n) is 3.75. The predicted octanol–water partition coefficient (Wildman–Crippen LogP) is 2.03. The first-order chi connectivity index (χ1) is 12.2. The fourth-order valence-corrected chi connectivity index (χ4v) is 3.75. The van der Waals surface area contributed by atoms with Gasteiger partial charge in [-0.3, -0.25) is 9.69 Å². The molecule has 1 atom stereocenters. The van der Waals surface area contributed by atoms with E-state index in [0.717, 1.165) is 52.2 Å². The summed E-state index contributed by atoms with van der Waals surface area (Å²) in [5.41, 5.74) is 0.579. The molecule has 2 saturated heterocycles. The molecule has 0 bridgehead atoms. The number of morpholine rings is 1. The molecule has 0 unspecified atom stereocenters. The van der Waals surface area contributed by atoms with Crippen molar-refractivity contribution in [1.82, 2.24) is 9.80 Å². The molecule has 2 heterocycles. The Labute approximate surface area is 149 Å². The molecule has 1 aromatic rings. The van der Waals surface area contributed by atoms with Gasteiger partial charge in [0, 0.05) is 32.2 Å². The molecule has 2 fully saturated rings. The third-order valence-electron chi connectivity index (χ3n) is 5.09. The highest BCUT2D eigenvalue weighted by molar-refractivity contribution is 5.98. The lowest BCUT2D eigenvalue weighted by atomic mass is 9.99. The third kappa shape index (κ3) is 4.07. The first kappa shape index (κ1) is 18.0. The zero-order chi connectivity index (χ0) is 17.6. The number of amides is 1. The van der Waals surface area contributed by atoms with Crippen molar-refractivity contribution in [1.29, 1.82) is 0 Å². The number of carbonyl (C=O) groups is 1. The van der Waals surface area contributed by atoms with E-state index in [9.17, 15) is 4.79 Å². The molecule has 0 saturated carbocycles. The van der Waals surface area contributed by atoms with Gasteiger partial charge in [-0.15, -0.1) is 0 Å². The van der Waals surface area contributed by atoms with Crippen LogP contribution in [0.3, 0.4) is 0 Å². The minimum absolute atomic E-state index is 0.0358. The van der Waals surface area contributed by atoms with Gasteiger partial charge in [-0.1, -0.05) is 6.07 Å². The topological polar surface area (TPSA) is 51.2 Å². The number of piperidine rings is 1. The van der Waals surface area contributed by atoms with Crippen LogP contribution in [-0.4, -0.2) is 75.4 Å². The minimum atomic E-state index is 0.0358. The molecular weight excluding hydrogens is 320 g/mol. The van der Waals surface area contributed by atoms with Gasteiger partial charge in [0.2, 0.25) is 0 Å². The predicted molar refractivity (Wildman–Crippen MR) is 95.5 cm³/mol. The number of para-hydroxylation sites is 1. The van der Waals surface area contributed by atoms with Crippen LogP contribution in [0.5, 0.6) is 11.5 Å². The van der Waals surface area contributed by atoms with Gasteiger partial charge < -0.3 is 19.1 Å². The van der Waals surface area contributed by atoms with E-state index >= 15 is 0 Å². The quantitative estimate of drug-likeness (QED) is 0.815. The van der Waals surface area contributed by atoms with Crippen molar-refractivity contribution in [2.24, 2.45) is 0 Å². The number of likely N-dealkylation sites (tertiary alicyclic amines) is 1. The van der Waals surface area contributed by atoms with E-state index in [0.29, 0.717) is 17.1 Å². The number of hydrogen-bond donors (Lipinski definition) is 0. The molecule has 6 heteroatoms. The van der Waals surface area contributed by atoms with Crippen molar-refractivity contribution in [2.75, 3.05) is 53.6 Å². The lowest BCUT2D eigenvalue weighted by molar-refractivity contribution is 0.0165. The summed E-state index contributed by atoms with van der Waals surface area (Å²) in [5.74, 6) is 1.15. The Morgan fingerprint density at radius 3 is 2.68 bits per heavy atom. The number of carbonyl (C=O) groups excluding carboxylic acids is 1. The average molecular weight is 348 g/mol. The normalized spacial score (nSPS) is 21.8. The average Bonchev–Trinajstić information content (AvgIpc) is 2.68. The Hall–Kier alpha value is -1.79. The second-order valence-electron chi connectivity index (χ2n) is 6.60. The molecule has 2 aliphatic heterocycles. The maximum atomic E-state index is 13.2. The number of benzene rings is 1. The second-order valence-corrected chi connectivity index (χ2v) is 6.60. The Kier molecular flexibility index (Phi) is 6.15. The fraction of sp³-hybridized carbons (Fsp3) is 0.632. The first-order valence-corrected chi connectivity index (χ1v) is 9.06. The number of nitrogens with zero attached hydrogens (tertiary/aromatic N) is 2. The van der Waals surface area contributed by atoms with Crippen LogP contribution in [0.4, 0.5) is 0 Å². The minimum Gasteiger partial charge on any atom is -0.493 e. The number of rotatable bonds is 5. The van der Waals surface area contributed by atoms with Gasteiger partial charge in [0.05, 0.1) is 33.0 Å². The maximum absolute atomic E-state index is 13.2. The zero-order valence-electron chi connectivity index (χ0n) is 15.2. The number of methoxy groups -OCH3 is 2. The molecule has 2 aliphatic rings. The highest BCUT2D eigenvalue weighted by atomic mass is 16.5. The first-order valence-electron chi connectivity index (χ1n) is 9.06. The molecule has 0 aliphatic carbocycles. The maximum Gasteiger partial charge on any atom is 0.258 e. The summed E-state index contributed by atoms with van der Waals surface area (Å²) in [5, 5.41) is 0. The van der Waals surface area contributed by atoms with Gasteiger partial charge in [0.1, 0.15) is 0 Å². The molecule has 138 valence electrons. The van der Waals surface area contributed by atoms with Crippen molar-refractivity contribution in [2.45, 2.75) is 25.3 Å². The van der Waals surface area contributed by atoms with Crippen LogP contribution >= 0.6 is 0 Å². The van der Waals surface area contributed by atoms with Crippen LogP contribution in [0, 0.1) is 0 Å². The van der Waals surface area contributed by atoms with Crippen molar-refractivity contribution in [3.63, 3.8) is 0 Å². The molecule has 3 rings (SSSR count). The van der Waals surface area contributed by atoms with Gasteiger partial charge in [0.15, 0.2) is 11.5 Å². The van der Waals surface area contributed by atoms with Crippen LogP contribution < -0.4 is 9.47 Å². The van der Waals surface area contributed by atoms with E-state index in [1.165, 1.54) is 6.42 Å². The highest BCUT2D eigenvalue weighted by Crippen LogP contribution is 2.33. The summed E-state index contributed by atoms with van der Waals surface area (Å²) < 4.78 is 16.2. The lowest BCUT2D eigenvalue weighted by Crippen LogP contribution is -2.51. The Morgan fingerprint density at radius 1 is 1.16 bits per heavy atom. The van der Waals surface area contributed by atoms with Crippen molar-refractivity contribution in [3.8, 4) is 11.5 Å². The van der Waals surface area contributed by atoms with Crippen LogP contribution in [-0.2, 0) is 4.74 Å². The molecule has 0 spiro atoms. The zero-order valence-corrected chi connectivity index (χ0v) is 15.2. The summed E-state index contributed by atoms with van der Waals surface area (Å²) >= 11 is 0. The molecule has 0 aromatic heterocycles. The van der Waals surface area contributed by atoms with Crippen LogP contribution in [0.2, 0.25) is 0 Å². The molecular formula is C19H28N2O4. The number of ether oxygens (including phenoxy) is 3. The van der Waals surface area contributed by atoms with Gasteiger partial charge in [-0.05, 0) is 31.4 Å². The van der Waals surface area contributed by atoms with E-state index in [4.69, 9.17) is 14.2 Å². The molecule has 1 aromatic carbocycles. The molecule has 0 N–H and O–H groups in total. The van der Waals surface area contributed by atoms with Gasteiger partial charge in [-0.2, -0.15) is 0 Å². The van der Waals surface area contributed by atoms with E-state index in [-0.39, 0.29) is 11.9 Å². The standard InChI is InChI=1S/C19H28N2O4/c1-23-17-8-5-7-16(18(17)24-2)19(22)21-9-4-3-6-15(21)14-20-10-12-25-13-11-20/h5,7-8,15H,3-4,6,9-14H2,1-2H3/t15-/m1/s1. The number of hydrogen-bond acceptors (Lipinski definition) is 5. The second kappa shape index (κ2) is 8.54. The largest absolute Gasteiger partial charge is 0.493 e. The van der Waals surface area contributed by atoms with E-state index in [2.05, 4.69) is 4.90 Å². The van der Waals surface area contributed by atoms with Gasteiger partial charge >= 0.3 is 0 Å². The highest BCUT2D eigenvalue weighted by Gasteiger charge is 2.31. The summed E-state index contributed by atoms with van der Waals surface area (Å²) in [7, 11) is 3.17. The van der Waals surface area contributed by atoms with Crippen LogP contribution in [0.25, 0.3) is 0 Å². The molecule has 0 radical (unpaired) electrons. The molecule has 6 nitrogen and oxygen atoms in total. The van der Waals surface area contributed by atoms with E-state index in [1.807, 2.05) is 23.1 Å². The van der Waals surface area contributed by atoms with Crippen molar-refractivity contribution in [3.05, 3.63) is 23.8 Å². The van der Waals surface area contributed by atoms with Gasteiger partial charge in [-0.25, -0.2) is 0 Å². The van der Waals surface area contributed by atoms with Crippen LogP contribution in [0.15, 0.2) is 18.2 Å². The monoisotopic (exact) mass is 348 g/mol. The molecule has 25 heavy (non-hydrogen) atoms. The van der Waals surface area contributed by atoms with Crippen LogP contribution in [0.1, 0.15) is 29.6 Å². The smallest absolute Gasteiger partial charge is 0.258 e. The van der Waals surface area contributed by atoms with Crippen molar-refractivity contribution >= 4 is 5.91 Å². The Bertz CT molecular complexity index is 587. The summed E-state index contributed by atoms with van der Waals surface area (Å²) in [4.78, 5) is 17.7. The summed E-state index contributed by atoms with van der Waals surface area (Å²) in [6, 6.07) is 5.73. The van der Waals surface area contributed by atoms with E-state index in [1.54, 1.807) is 14.2 Å². The SMILES string of the molecule is COc1cccc(C(=O)N2CCCC[C@@H]2CN2CCOCC2)c1OC. The summed E-state index contributed by atoms with van der Waals surface area (Å²) in [6.07, 6.45) is 3.28. The Morgan fingerprint density at radius 2 is 1.96 bits per heavy atom. The van der Waals surface area contributed by atoms with Crippen molar-refractivity contribution < 1.29 is 19.0 Å².